The van der Waals surface area contributed by atoms with Crippen molar-refractivity contribution in [2.45, 2.75) is 77.4 Å². The Morgan fingerprint density at radius 1 is 1.27 bits per heavy atom. The highest BCUT2D eigenvalue weighted by molar-refractivity contribution is 5.12. The Morgan fingerprint density at radius 3 is 2.68 bits per heavy atom. The Hall–Kier alpha value is -0.870. The second-order valence-corrected chi connectivity index (χ2v) is 8.17. The van der Waals surface area contributed by atoms with Gasteiger partial charge in [-0.25, -0.2) is 0 Å². The molecule has 0 aromatic carbocycles. The van der Waals surface area contributed by atoms with E-state index < -0.39 is 5.60 Å². The van der Waals surface area contributed by atoms with E-state index >= 15 is 0 Å². The third-order valence-corrected chi connectivity index (χ3v) is 5.97. The smallest absolute Gasteiger partial charge is 0.150 e. The van der Waals surface area contributed by atoms with E-state index in [1.807, 2.05) is 6.92 Å². The predicted octanol–water partition coefficient (Wildman–Crippen LogP) is 3.71. The molecule has 1 atom stereocenters. The Labute approximate surface area is 133 Å². The standard InChI is InChI=1S/C18H30N2O2/c1-17(2)13-20(10-9-18(17,3)21)12-15-11-16(19-22-15)14-7-5-4-6-8-14/h11,14,21H,4-10,12-13H2,1-3H3/t18-/m0/s1. The van der Waals surface area contributed by atoms with Gasteiger partial charge in [0.25, 0.3) is 0 Å². The van der Waals surface area contributed by atoms with Crippen LogP contribution in [0.2, 0.25) is 0 Å². The Bertz CT molecular complexity index is 501. The number of nitrogens with zero attached hydrogens (tertiary/aromatic N) is 2. The maximum atomic E-state index is 10.5. The molecule has 1 aliphatic carbocycles. The third-order valence-electron chi connectivity index (χ3n) is 5.97. The topological polar surface area (TPSA) is 49.5 Å². The molecule has 0 spiro atoms. The van der Waals surface area contributed by atoms with Crippen molar-refractivity contribution in [3.8, 4) is 0 Å². The van der Waals surface area contributed by atoms with Gasteiger partial charge in [-0.15, -0.1) is 0 Å². The van der Waals surface area contributed by atoms with Crippen LogP contribution in [0.5, 0.6) is 0 Å². The summed E-state index contributed by atoms with van der Waals surface area (Å²) in [6.07, 6.45) is 7.33. The maximum absolute atomic E-state index is 10.5. The summed E-state index contributed by atoms with van der Waals surface area (Å²) in [6, 6.07) is 2.16. The molecular formula is C18H30N2O2. The van der Waals surface area contributed by atoms with Crippen LogP contribution in [-0.2, 0) is 6.54 Å². The van der Waals surface area contributed by atoms with Crippen LogP contribution < -0.4 is 0 Å². The number of aromatic nitrogens is 1. The zero-order valence-corrected chi connectivity index (χ0v) is 14.3. The van der Waals surface area contributed by atoms with E-state index in [0.29, 0.717) is 5.92 Å². The van der Waals surface area contributed by atoms with Crippen LogP contribution in [0.15, 0.2) is 10.6 Å². The summed E-state index contributed by atoms with van der Waals surface area (Å²) in [5, 5.41) is 14.8. The van der Waals surface area contributed by atoms with Gasteiger partial charge < -0.3 is 9.63 Å². The summed E-state index contributed by atoms with van der Waals surface area (Å²) in [6.45, 7) is 8.86. The van der Waals surface area contributed by atoms with Crippen LogP contribution in [0.25, 0.3) is 0 Å². The second kappa shape index (κ2) is 5.97. The molecule has 4 nitrogen and oxygen atoms in total. The molecule has 1 aliphatic heterocycles. The fourth-order valence-corrected chi connectivity index (χ4v) is 3.87. The van der Waals surface area contributed by atoms with Crippen LogP contribution in [0.3, 0.4) is 0 Å². The van der Waals surface area contributed by atoms with E-state index in [0.717, 1.165) is 37.5 Å². The first-order valence-electron chi connectivity index (χ1n) is 8.78. The summed E-state index contributed by atoms with van der Waals surface area (Å²) in [7, 11) is 0. The van der Waals surface area contributed by atoms with Crippen molar-refractivity contribution in [2.75, 3.05) is 13.1 Å². The molecule has 0 unspecified atom stereocenters. The lowest BCUT2D eigenvalue weighted by molar-refractivity contribution is -0.108. The third kappa shape index (κ3) is 3.23. The van der Waals surface area contributed by atoms with Crippen molar-refractivity contribution in [1.82, 2.24) is 10.1 Å². The van der Waals surface area contributed by atoms with Gasteiger partial charge in [0.15, 0.2) is 5.76 Å². The number of hydrogen-bond donors (Lipinski definition) is 1. The van der Waals surface area contributed by atoms with Crippen molar-refractivity contribution in [2.24, 2.45) is 5.41 Å². The van der Waals surface area contributed by atoms with E-state index in [9.17, 15) is 5.11 Å². The molecule has 0 radical (unpaired) electrons. The zero-order valence-electron chi connectivity index (χ0n) is 14.3. The first-order valence-corrected chi connectivity index (χ1v) is 8.78. The van der Waals surface area contributed by atoms with E-state index in [-0.39, 0.29) is 5.41 Å². The second-order valence-electron chi connectivity index (χ2n) is 8.17. The molecule has 1 saturated heterocycles. The number of aliphatic hydroxyl groups is 1. The fourth-order valence-electron chi connectivity index (χ4n) is 3.87. The van der Waals surface area contributed by atoms with Gasteiger partial charge in [-0.05, 0) is 26.2 Å². The van der Waals surface area contributed by atoms with Gasteiger partial charge in [0, 0.05) is 30.5 Å². The maximum Gasteiger partial charge on any atom is 0.150 e. The van der Waals surface area contributed by atoms with Crippen LogP contribution in [0.1, 0.15) is 76.7 Å². The summed E-state index contributed by atoms with van der Waals surface area (Å²) in [4.78, 5) is 2.38. The average molecular weight is 306 g/mol. The van der Waals surface area contributed by atoms with Crippen molar-refractivity contribution in [3.05, 3.63) is 17.5 Å². The average Bonchev–Trinajstić information content (AvgIpc) is 2.93. The number of likely N-dealkylation sites (tertiary alicyclic amines) is 1. The molecule has 124 valence electrons. The monoisotopic (exact) mass is 306 g/mol. The molecule has 0 bridgehead atoms. The highest BCUT2D eigenvalue weighted by Crippen LogP contribution is 2.39. The molecule has 1 aromatic rings. The molecule has 22 heavy (non-hydrogen) atoms. The molecule has 3 rings (SSSR count). The zero-order chi connectivity index (χ0) is 15.8. The van der Waals surface area contributed by atoms with Crippen LogP contribution in [0, 0.1) is 5.41 Å². The highest BCUT2D eigenvalue weighted by Gasteiger charge is 2.44. The van der Waals surface area contributed by atoms with Crippen molar-refractivity contribution in [3.63, 3.8) is 0 Å². The molecular weight excluding hydrogens is 276 g/mol. The lowest BCUT2D eigenvalue weighted by Gasteiger charge is -2.48. The molecule has 2 fully saturated rings. The van der Waals surface area contributed by atoms with E-state index in [1.165, 1.54) is 32.1 Å². The van der Waals surface area contributed by atoms with Gasteiger partial charge in [-0.1, -0.05) is 38.3 Å². The van der Waals surface area contributed by atoms with Crippen LogP contribution in [-0.4, -0.2) is 33.9 Å². The molecule has 2 heterocycles. The van der Waals surface area contributed by atoms with E-state index in [2.05, 4.69) is 30.0 Å². The summed E-state index contributed by atoms with van der Waals surface area (Å²) in [5.74, 6) is 1.57. The predicted molar refractivity (Wildman–Crippen MR) is 86.6 cm³/mol. The summed E-state index contributed by atoms with van der Waals surface area (Å²) in [5.41, 5.74) is 0.466. The minimum absolute atomic E-state index is 0.0997. The highest BCUT2D eigenvalue weighted by atomic mass is 16.5. The van der Waals surface area contributed by atoms with Gasteiger partial charge in [-0.3, -0.25) is 4.90 Å². The molecule has 1 N–H and O–H groups in total. The number of hydrogen-bond acceptors (Lipinski definition) is 4. The number of rotatable bonds is 3. The van der Waals surface area contributed by atoms with Crippen molar-refractivity contribution < 1.29 is 9.63 Å². The summed E-state index contributed by atoms with van der Waals surface area (Å²) >= 11 is 0. The van der Waals surface area contributed by atoms with E-state index in [4.69, 9.17) is 4.52 Å². The Balaban J connectivity index is 1.61. The van der Waals surface area contributed by atoms with Crippen molar-refractivity contribution >= 4 is 0 Å². The van der Waals surface area contributed by atoms with Crippen molar-refractivity contribution in [1.29, 1.82) is 0 Å². The first kappa shape index (κ1) is 16.0. The van der Waals surface area contributed by atoms with E-state index in [1.54, 1.807) is 0 Å². The molecule has 0 amide bonds. The molecule has 1 saturated carbocycles. The van der Waals surface area contributed by atoms with Gasteiger partial charge in [-0.2, -0.15) is 0 Å². The largest absolute Gasteiger partial charge is 0.390 e. The quantitative estimate of drug-likeness (QED) is 0.925. The van der Waals surface area contributed by atoms with Gasteiger partial charge in [0.2, 0.25) is 0 Å². The fraction of sp³-hybridized carbons (Fsp3) is 0.833. The van der Waals surface area contributed by atoms with Crippen LogP contribution in [0.4, 0.5) is 0 Å². The van der Waals surface area contributed by atoms with Gasteiger partial charge >= 0.3 is 0 Å². The SMILES string of the molecule is CC1(C)CN(Cc2cc(C3CCCCC3)no2)CC[C@]1(C)O. The first-order chi connectivity index (χ1) is 10.4. The van der Waals surface area contributed by atoms with Crippen LogP contribution >= 0.6 is 0 Å². The Kier molecular flexibility index (Phi) is 4.34. The van der Waals surface area contributed by atoms with Gasteiger partial charge in [0.1, 0.15) is 0 Å². The minimum atomic E-state index is -0.585. The number of piperidine rings is 1. The summed E-state index contributed by atoms with van der Waals surface area (Å²) < 4.78 is 5.59. The molecule has 1 aromatic heterocycles. The molecule has 4 heteroatoms. The lowest BCUT2D eigenvalue weighted by atomic mass is 9.71. The normalized spacial score (nSPS) is 30.5. The Morgan fingerprint density at radius 2 is 2.00 bits per heavy atom. The lowest BCUT2D eigenvalue weighted by Crippen LogP contribution is -2.55. The van der Waals surface area contributed by atoms with Gasteiger partial charge in [0.05, 0.1) is 17.8 Å². The minimum Gasteiger partial charge on any atom is -0.390 e. The molecule has 2 aliphatic rings.